The number of carbonyl (C=O) groups excluding carboxylic acids is 1. The van der Waals surface area contributed by atoms with Gasteiger partial charge in [0.25, 0.3) is 0 Å². The summed E-state index contributed by atoms with van der Waals surface area (Å²) in [5, 5.41) is 4.37. The van der Waals surface area contributed by atoms with Crippen molar-refractivity contribution in [3.05, 3.63) is 82.8 Å². The van der Waals surface area contributed by atoms with E-state index in [-0.39, 0.29) is 24.3 Å². The number of para-hydroxylation sites is 2. The van der Waals surface area contributed by atoms with Crippen LogP contribution in [0.5, 0.6) is 17.2 Å². The molecule has 4 aromatic rings. The maximum absolute atomic E-state index is 13.1. The predicted octanol–water partition coefficient (Wildman–Crippen LogP) is 5.01. The number of nitrogens with zero attached hydrogens (tertiary/aromatic N) is 1. The standard InChI is InChI=1S/C27H26ClN3O4/c1-16-7-9-19(27(28)31-16)20(22-14-29-23-10-8-17(33-2)11-21(22)23)12-26(32)30-13-18-15-34-24-5-3-4-6-25(24)35-18/h3-11,14,18,20,29H,12-13,15H2,1-2H3,(H,30,32). The Morgan fingerprint density at radius 1 is 1.20 bits per heavy atom. The van der Waals surface area contributed by atoms with Crippen LogP contribution in [0.1, 0.15) is 29.2 Å². The van der Waals surface area contributed by atoms with Crippen LogP contribution in [-0.2, 0) is 4.79 Å². The van der Waals surface area contributed by atoms with Crippen molar-refractivity contribution in [1.29, 1.82) is 0 Å². The molecule has 1 amide bonds. The van der Waals surface area contributed by atoms with Crippen molar-refractivity contribution in [2.24, 2.45) is 0 Å². The first kappa shape index (κ1) is 23.1. The van der Waals surface area contributed by atoms with E-state index < -0.39 is 0 Å². The molecule has 0 fully saturated rings. The molecule has 180 valence electrons. The third kappa shape index (κ3) is 4.91. The van der Waals surface area contributed by atoms with E-state index in [9.17, 15) is 4.79 Å². The quantitative estimate of drug-likeness (QED) is 0.355. The van der Waals surface area contributed by atoms with Gasteiger partial charge in [-0.05, 0) is 54.4 Å². The lowest BCUT2D eigenvalue weighted by molar-refractivity contribution is -0.121. The third-order valence-corrected chi connectivity index (χ3v) is 6.48. The van der Waals surface area contributed by atoms with E-state index in [0.29, 0.717) is 29.8 Å². The van der Waals surface area contributed by atoms with Gasteiger partial charge in [0.2, 0.25) is 5.91 Å². The van der Waals surface area contributed by atoms with E-state index in [1.807, 2.05) is 67.7 Å². The Bertz CT molecular complexity index is 1370. The molecule has 3 heterocycles. The van der Waals surface area contributed by atoms with Gasteiger partial charge in [-0.15, -0.1) is 0 Å². The van der Waals surface area contributed by atoms with Gasteiger partial charge >= 0.3 is 0 Å². The summed E-state index contributed by atoms with van der Waals surface area (Å²) in [4.78, 5) is 20.9. The molecule has 0 spiro atoms. The highest BCUT2D eigenvalue weighted by Gasteiger charge is 2.26. The Labute approximate surface area is 208 Å². The Morgan fingerprint density at radius 2 is 2.03 bits per heavy atom. The van der Waals surface area contributed by atoms with Crippen LogP contribution >= 0.6 is 11.6 Å². The molecule has 1 aliphatic rings. The Morgan fingerprint density at radius 3 is 2.83 bits per heavy atom. The minimum absolute atomic E-state index is 0.119. The molecule has 7 nitrogen and oxygen atoms in total. The number of ether oxygens (including phenoxy) is 3. The normalized spacial score (nSPS) is 15.6. The Kier molecular flexibility index (Phi) is 6.51. The molecule has 2 N–H and O–H groups in total. The number of nitrogens with one attached hydrogen (secondary N) is 2. The summed E-state index contributed by atoms with van der Waals surface area (Å²) in [5.74, 6) is 1.71. The summed E-state index contributed by atoms with van der Waals surface area (Å²) in [6, 6.07) is 17.2. The molecule has 2 atom stereocenters. The molecule has 0 saturated heterocycles. The van der Waals surface area contributed by atoms with Crippen LogP contribution in [0, 0.1) is 6.92 Å². The van der Waals surface area contributed by atoms with Crippen molar-refractivity contribution in [3.8, 4) is 17.2 Å². The summed E-state index contributed by atoms with van der Waals surface area (Å²) in [6.45, 7) is 2.59. The van der Waals surface area contributed by atoms with Gasteiger partial charge in [0.1, 0.15) is 23.6 Å². The number of benzene rings is 2. The number of aryl methyl sites for hydroxylation is 1. The van der Waals surface area contributed by atoms with Crippen molar-refractivity contribution >= 4 is 28.4 Å². The highest BCUT2D eigenvalue weighted by Crippen LogP contribution is 2.37. The number of fused-ring (bicyclic) bond motifs is 2. The number of aromatic nitrogens is 2. The average Bonchev–Trinajstić information content (AvgIpc) is 3.29. The summed E-state index contributed by atoms with van der Waals surface area (Å²) in [5.41, 5.74) is 3.51. The number of hydrogen-bond donors (Lipinski definition) is 2. The maximum atomic E-state index is 13.1. The number of rotatable bonds is 7. The predicted molar refractivity (Wildman–Crippen MR) is 135 cm³/mol. The number of halogens is 1. The van der Waals surface area contributed by atoms with Crippen molar-refractivity contribution in [2.45, 2.75) is 25.4 Å². The second kappa shape index (κ2) is 9.88. The fraction of sp³-hybridized carbons (Fsp3) is 0.259. The number of hydrogen-bond acceptors (Lipinski definition) is 5. The number of aromatic amines is 1. The van der Waals surface area contributed by atoms with E-state index in [0.717, 1.165) is 33.5 Å². The van der Waals surface area contributed by atoms with Gasteiger partial charge in [-0.1, -0.05) is 29.8 Å². The molecule has 2 aromatic carbocycles. The van der Waals surface area contributed by atoms with E-state index in [4.69, 9.17) is 25.8 Å². The first-order valence-corrected chi connectivity index (χ1v) is 11.8. The number of amides is 1. The summed E-state index contributed by atoms with van der Waals surface area (Å²) < 4.78 is 17.2. The molecule has 5 rings (SSSR count). The lowest BCUT2D eigenvalue weighted by Gasteiger charge is -2.27. The van der Waals surface area contributed by atoms with Gasteiger partial charge in [0, 0.05) is 35.1 Å². The molecule has 2 aromatic heterocycles. The molecule has 0 saturated carbocycles. The molecule has 0 aliphatic carbocycles. The first-order chi connectivity index (χ1) is 17.0. The van der Waals surface area contributed by atoms with Crippen LogP contribution in [0.2, 0.25) is 5.15 Å². The van der Waals surface area contributed by atoms with Gasteiger partial charge in [0.15, 0.2) is 11.5 Å². The molecule has 0 radical (unpaired) electrons. The largest absolute Gasteiger partial charge is 0.497 e. The molecule has 8 heteroatoms. The highest BCUT2D eigenvalue weighted by molar-refractivity contribution is 6.30. The zero-order valence-corrected chi connectivity index (χ0v) is 20.3. The van der Waals surface area contributed by atoms with Crippen molar-refractivity contribution in [3.63, 3.8) is 0 Å². The van der Waals surface area contributed by atoms with E-state index in [1.54, 1.807) is 7.11 Å². The van der Waals surface area contributed by atoms with E-state index in [2.05, 4.69) is 15.3 Å². The van der Waals surface area contributed by atoms with Gasteiger partial charge < -0.3 is 24.5 Å². The number of H-pyrrole nitrogens is 1. The summed E-state index contributed by atoms with van der Waals surface area (Å²) >= 11 is 6.57. The van der Waals surface area contributed by atoms with Crippen molar-refractivity contribution < 1.29 is 19.0 Å². The molecular formula is C27H26ClN3O4. The van der Waals surface area contributed by atoms with Crippen LogP contribution in [0.15, 0.2) is 60.8 Å². The van der Waals surface area contributed by atoms with E-state index >= 15 is 0 Å². The van der Waals surface area contributed by atoms with E-state index in [1.165, 1.54) is 0 Å². The van der Waals surface area contributed by atoms with Gasteiger partial charge in [-0.25, -0.2) is 4.98 Å². The van der Waals surface area contributed by atoms with Crippen molar-refractivity contribution in [2.75, 3.05) is 20.3 Å². The third-order valence-electron chi connectivity index (χ3n) is 6.17. The topological polar surface area (TPSA) is 85.5 Å². The number of pyridine rings is 1. The highest BCUT2D eigenvalue weighted by atomic mass is 35.5. The fourth-order valence-electron chi connectivity index (χ4n) is 4.37. The zero-order valence-electron chi connectivity index (χ0n) is 19.5. The monoisotopic (exact) mass is 491 g/mol. The fourth-order valence-corrected chi connectivity index (χ4v) is 4.70. The second-order valence-electron chi connectivity index (χ2n) is 8.55. The lowest BCUT2D eigenvalue weighted by atomic mass is 9.88. The molecular weight excluding hydrogens is 466 g/mol. The Balaban J connectivity index is 1.37. The summed E-state index contributed by atoms with van der Waals surface area (Å²) in [6.07, 6.45) is 1.85. The van der Waals surface area contributed by atoms with Crippen LogP contribution < -0.4 is 19.5 Å². The number of carbonyl (C=O) groups is 1. The van der Waals surface area contributed by atoms with Gasteiger partial charge in [-0.3, -0.25) is 4.79 Å². The molecule has 35 heavy (non-hydrogen) atoms. The van der Waals surface area contributed by atoms with Crippen LogP contribution in [-0.4, -0.2) is 42.2 Å². The van der Waals surface area contributed by atoms with Gasteiger partial charge in [0.05, 0.1) is 13.7 Å². The minimum atomic E-state index is -0.305. The minimum Gasteiger partial charge on any atom is -0.497 e. The average molecular weight is 492 g/mol. The SMILES string of the molecule is COc1ccc2[nH]cc(C(CC(=O)NCC3COc4ccccc4O3)c3ccc(C)nc3Cl)c2c1. The summed E-state index contributed by atoms with van der Waals surface area (Å²) in [7, 11) is 1.63. The van der Waals surface area contributed by atoms with Crippen molar-refractivity contribution in [1.82, 2.24) is 15.3 Å². The van der Waals surface area contributed by atoms with Crippen LogP contribution in [0.3, 0.4) is 0 Å². The maximum Gasteiger partial charge on any atom is 0.221 e. The van der Waals surface area contributed by atoms with Gasteiger partial charge in [-0.2, -0.15) is 0 Å². The second-order valence-corrected chi connectivity index (χ2v) is 8.90. The van der Waals surface area contributed by atoms with Crippen LogP contribution in [0.4, 0.5) is 0 Å². The number of methoxy groups -OCH3 is 1. The zero-order chi connectivity index (χ0) is 24.4. The van der Waals surface area contributed by atoms with Crippen LogP contribution in [0.25, 0.3) is 10.9 Å². The molecule has 0 bridgehead atoms. The molecule has 1 aliphatic heterocycles. The lowest BCUT2D eigenvalue weighted by Crippen LogP contribution is -2.41. The first-order valence-electron chi connectivity index (χ1n) is 11.4. The smallest absolute Gasteiger partial charge is 0.221 e. The molecule has 2 unspecified atom stereocenters. The Hall–Kier alpha value is -3.71.